The highest BCUT2D eigenvalue weighted by molar-refractivity contribution is 5.78. The van der Waals surface area contributed by atoms with Crippen molar-refractivity contribution in [1.82, 2.24) is 10.2 Å². The third kappa shape index (κ3) is 4.18. The van der Waals surface area contributed by atoms with Crippen molar-refractivity contribution in [3.05, 3.63) is 0 Å². The molecule has 1 N–H and O–H groups in total. The van der Waals surface area contributed by atoms with Crippen LogP contribution in [0.1, 0.15) is 46.5 Å². The number of carbonyl (C=O) groups is 1. The fourth-order valence-electron chi connectivity index (χ4n) is 3.29. The fraction of sp³-hybridized carbons (Fsp3) is 0.933. The molecule has 0 radical (unpaired) electrons. The molecule has 0 aromatic carbocycles. The first-order valence-electron chi connectivity index (χ1n) is 7.73. The van der Waals surface area contributed by atoms with Crippen molar-refractivity contribution in [3.8, 4) is 0 Å². The summed E-state index contributed by atoms with van der Waals surface area (Å²) in [6, 6.07) is 0.388. The van der Waals surface area contributed by atoms with Crippen LogP contribution in [0.3, 0.4) is 0 Å². The zero-order valence-electron chi connectivity index (χ0n) is 12.5. The van der Waals surface area contributed by atoms with Gasteiger partial charge < -0.3 is 10.1 Å². The van der Waals surface area contributed by atoms with Gasteiger partial charge in [0.1, 0.15) is 0 Å². The van der Waals surface area contributed by atoms with Crippen molar-refractivity contribution in [3.63, 3.8) is 0 Å². The second kappa shape index (κ2) is 6.71. The Labute approximate surface area is 116 Å². The number of hydrogen-bond acceptors (Lipinski definition) is 3. The lowest BCUT2D eigenvalue weighted by atomic mass is 10.1. The Kier molecular flexibility index (Phi) is 5.22. The molecule has 110 valence electrons. The molecule has 0 spiro atoms. The second-order valence-electron chi connectivity index (χ2n) is 6.29. The molecule has 3 atom stereocenters. The van der Waals surface area contributed by atoms with E-state index in [1.54, 1.807) is 0 Å². The zero-order chi connectivity index (χ0) is 13.8. The van der Waals surface area contributed by atoms with Crippen LogP contribution >= 0.6 is 0 Å². The Bertz CT molecular complexity index is 293. The van der Waals surface area contributed by atoms with Gasteiger partial charge in [0, 0.05) is 31.6 Å². The van der Waals surface area contributed by atoms with E-state index in [1.165, 1.54) is 12.8 Å². The van der Waals surface area contributed by atoms with Crippen molar-refractivity contribution in [2.75, 3.05) is 19.6 Å². The van der Waals surface area contributed by atoms with Gasteiger partial charge in [-0.05, 0) is 33.6 Å². The van der Waals surface area contributed by atoms with Crippen LogP contribution in [-0.2, 0) is 9.53 Å². The van der Waals surface area contributed by atoms with Crippen LogP contribution in [0.2, 0.25) is 0 Å². The van der Waals surface area contributed by atoms with Gasteiger partial charge in [-0.25, -0.2) is 0 Å². The first kappa shape index (κ1) is 14.8. The van der Waals surface area contributed by atoms with Crippen LogP contribution in [0.4, 0.5) is 0 Å². The molecule has 2 rings (SSSR count). The van der Waals surface area contributed by atoms with E-state index in [0.717, 1.165) is 32.5 Å². The molecule has 4 heteroatoms. The monoisotopic (exact) mass is 268 g/mol. The van der Waals surface area contributed by atoms with Crippen LogP contribution in [0.25, 0.3) is 0 Å². The van der Waals surface area contributed by atoms with Gasteiger partial charge in [0.25, 0.3) is 0 Å². The molecule has 0 aromatic heterocycles. The van der Waals surface area contributed by atoms with Gasteiger partial charge in [0.05, 0.1) is 12.2 Å². The normalized spacial score (nSPS) is 31.3. The van der Waals surface area contributed by atoms with E-state index in [0.29, 0.717) is 6.04 Å². The van der Waals surface area contributed by atoms with Gasteiger partial charge in [0.2, 0.25) is 5.91 Å². The van der Waals surface area contributed by atoms with E-state index in [4.69, 9.17) is 4.74 Å². The van der Waals surface area contributed by atoms with Gasteiger partial charge in [-0.3, -0.25) is 9.69 Å². The Hall–Kier alpha value is -0.610. The van der Waals surface area contributed by atoms with E-state index in [-0.39, 0.29) is 24.0 Å². The maximum Gasteiger partial charge on any atom is 0.223 e. The minimum absolute atomic E-state index is 0.263. The Morgan fingerprint density at radius 2 is 1.84 bits per heavy atom. The van der Waals surface area contributed by atoms with Crippen molar-refractivity contribution < 1.29 is 9.53 Å². The number of ether oxygens (including phenoxy) is 1. The Morgan fingerprint density at radius 1 is 1.26 bits per heavy atom. The number of rotatable bonds is 4. The van der Waals surface area contributed by atoms with E-state index in [9.17, 15) is 4.79 Å². The van der Waals surface area contributed by atoms with E-state index in [1.807, 2.05) is 0 Å². The summed E-state index contributed by atoms with van der Waals surface area (Å²) in [5.74, 6) is 0.536. The maximum absolute atomic E-state index is 12.0. The molecule has 2 fully saturated rings. The molecule has 0 aromatic rings. The lowest BCUT2D eigenvalue weighted by molar-refractivity contribution is -0.125. The largest absolute Gasteiger partial charge is 0.373 e. The lowest BCUT2D eigenvalue weighted by Gasteiger charge is -2.39. The number of nitrogens with one attached hydrogen (secondary N) is 1. The summed E-state index contributed by atoms with van der Waals surface area (Å²) in [7, 11) is 0. The third-order valence-electron chi connectivity index (χ3n) is 4.37. The molecule has 4 nitrogen and oxygen atoms in total. The molecule has 1 heterocycles. The van der Waals surface area contributed by atoms with Crippen LogP contribution < -0.4 is 5.32 Å². The molecule has 0 bridgehead atoms. The number of hydrogen-bond donors (Lipinski definition) is 1. The van der Waals surface area contributed by atoms with Crippen LogP contribution in [-0.4, -0.2) is 48.7 Å². The first-order valence-corrected chi connectivity index (χ1v) is 7.73. The van der Waals surface area contributed by atoms with E-state index < -0.39 is 0 Å². The van der Waals surface area contributed by atoms with Crippen molar-refractivity contribution >= 4 is 5.91 Å². The van der Waals surface area contributed by atoms with Crippen LogP contribution in [0, 0.1) is 5.92 Å². The predicted molar refractivity (Wildman–Crippen MR) is 76.0 cm³/mol. The standard InChI is InChI=1S/C15H28N2O2/c1-11(17-9-12(2)19-13(3)10-17)8-16-15(18)14-6-4-5-7-14/h11-14H,4-10H2,1-3H3,(H,16,18)/t11-,12+,13+/m0/s1. The maximum atomic E-state index is 12.0. The van der Waals surface area contributed by atoms with E-state index in [2.05, 4.69) is 31.0 Å². The van der Waals surface area contributed by atoms with Crippen molar-refractivity contribution in [1.29, 1.82) is 0 Å². The smallest absolute Gasteiger partial charge is 0.223 e. The molecule has 19 heavy (non-hydrogen) atoms. The van der Waals surface area contributed by atoms with E-state index >= 15 is 0 Å². The summed E-state index contributed by atoms with van der Waals surface area (Å²) < 4.78 is 5.74. The highest BCUT2D eigenvalue weighted by Gasteiger charge is 2.27. The summed E-state index contributed by atoms with van der Waals surface area (Å²) in [5, 5.41) is 3.13. The average molecular weight is 268 g/mol. The minimum Gasteiger partial charge on any atom is -0.373 e. The zero-order valence-corrected chi connectivity index (χ0v) is 12.5. The van der Waals surface area contributed by atoms with Gasteiger partial charge in [-0.2, -0.15) is 0 Å². The first-order chi connectivity index (χ1) is 9.06. The summed E-state index contributed by atoms with van der Waals surface area (Å²) in [4.78, 5) is 14.4. The molecule has 1 saturated heterocycles. The van der Waals surface area contributed by atoms with Gasteiger partial charge >= 0.3 is 0 Å². The molecular formula is C15H28N2O2. The molecule has 1 aliphatic heterocycles. The van der Waals surface area contributed by atoms with Crippen LogP contribution in [0.5, 0.6) is 0 Å². The molecule has 1 aliphatic carbocycles. The van der Waals surface area contributed by atoms with Crippen molar-refractivity contribution in [2.24, 2.45) is 5.92 Å². The highest BCUT2D eigenvalue weighted by atomic mass is 16.5. The molecule has 2 aliphatic rings. The quantitative estimate of drug-likeness (QED) is 0.845. The Balaban J connectivity index is 1.74. The van der Waals surface area contributed by atoms with Gasteiger partial charge in [-0.1, -0.05) is 12.8 Å². The van der Waals surface area contributed by atoms with Gasteiger partial charge in [-0.15, -0.1) is 0 Å². The number of carbonyl (C=O) groups excluding carboxylic acids is 1. The molecule has 1 saturated carbocycles. The Morgan fingerprint density at radius 3 is 2.42 bits per heavy atom. The molecule has 1 amide bonds. The predicted octanol–water partition coefficient (Wildman–Crippen LogP) is 1.79. The fourth-order valence-corrected chi connectivity index (χ4v) is 3.29. The summed E-state index contributed by atoms with van der Waals surface area (Å²) in [5.41, 5.74) is 0. The molecule has 0 unspecified atom stereocenters. The number of amides is 1. The van der Waals surface area contributed by atoms with Crippen molar-refractivity contribution in [2.45, 2.75) is 64.7 Å². The average Bonchev–Trinajstić information content (AvgIpc) is 2.88. The second-order valence-corrected chi connectivity index (χ2v) is 6.29. The third-order valence-corrected chi connectivity index (χ3v) is 4.37. The summed E-state index contributed by atoms with van der Waals surface area (Å²) in [6.07, 6.45) is 5.16. The summed E-state index contributed by atoms with van der Waals surface area (Å²) in [6.45, 7) is 9.11. The SMILES string of the molecule is C[C@@H]1CN([C@@H](C)CNC(=O)C2CCCC2)C[C@@H](C)O1. The number of nitrogens with zero attached hydrogens (tertiary/aromatic N) is 1. The number of morpholine rings is 1. The highest BCUT2D eigenvalue weighted by Crippen LogP contribution is 2.24. The van der Waals surface area contributed by atoms with Crippen LogP contribution in [0.15, 0.2) is 0 Å². The minimum atomic E-state index is 0.263. The topological polar surface area (TPSA) is 41.6 Å². The van der Waals surface area contributed by atoms with Gasteiger partial charge in [0.15, 0.2) is 0 Å². The lowest BCUT2D eigenvalue weighted by Crippen LogP contribution is -2.52. The molecular weight excluding hydrogens is 240 g/mol. The summed E-state index contributed by atoms with van der Waals surface area (Å²) >= 11 is 0.